The Morgan fingerprint density at radius 2 is 1.40 bits per heavy atom. The number of likely N-dealkylation sites (N-methyl/N-ethyl adjacent to an activating group) is 1. The highest BCUT2D eigenvalue weighted by molar-refractivity contribution is 6.30. The highest BCUT2D eigenvalue weighted by atomic mass is 35.5. The minimum absolute atomic E-state index is 0. The van der Waals surface area contributed by atoms with Crippen LogP contribution in [-0.2, 0) is 24.1 Å². The number of nitrogens with two attached hydrogens (primary N) is 1. The lowest BCUT2D eigenvalue weighted by atomic mass is 10.0. The zero-order valence-electron chi connectivity index (χ0n) is 24.4. The Morgan fingerprint density at radius 1 is 0.860 bits per heavy atom. The van der Waals surface area contributed by atoms with E-state index in [0.29, 0.717) is 23.6 Å². The molecule has 3 N–H and O–H groups in total. The van der Waals surface area contributed by atoms with E-state index in [1.54, 1.807) is 24.3 Å². The van der Waals surface area contributed by atoms with Gasteiger partial charge in [0.25, 0.3) is 0 Å². The predicted molar refractivity (Wildman–Crippen MR) is 178 cm³/mol. The van der Waals surface area contributed by atoms with Gasteiger partial charge in [-0.3, -0.25) is 14.5 Å². The van der Waals surface area contributed by atoms with Crippen molar-refractivity contribution in [3.05, 3.63) is 130 Å². The number of aliphatic carboxylic acids is 1. The van der Waals surface area contributed by atoms with E-state index in [-0.39, 0.29) is 18.2 Å². The summed E-state index contributed by atoms with van der Waals surface area (Å²) in [7, 11) is 2.01. The zero-order chi connectivity index (χ0) is 29.9. The van der Waals surface area contributed by atoms with Crippen molar-refractivity contribution >= 4 is 47.1 Å². The summed E-state index contributed by atoms with van der Waals surface area (Å²) in [5, 5.41) is 9.17. The number of ketones is 1. The molecule has 0 saturated carbocycles. The van der Waals surface area contributed by atoms with Crippen LogP contribution in [0.4, 0.5) is 11.4 Å². The fourth-order valence-electron chi connectivity index (χ4n) is 5.12. The summed E-state index contributed by atoms with van der Waals surface area (Å²) >= 11 is 5.92. The number of hydrogen-bond acceptors (Lipinski definition) is 5. The molecular weight excluding hydrogens is 581 g/mol. The van der Waals surface area contributed by atoms with Crippen LogP contribution in [0, 0.1) is 0 Å². The summed E-state index contributed by atoms with van der Waals surface area (Å²) in [6.45, 7) is 2.20. The molecule has 4 aromatic rings. The van der Waals surface area contributed by atoms with Crippen molar-refractivity contribution in [3.8, 4) is 0 Å². The van der Waals surface area contributed by atoms with E-state index < -0.39 is 12.0 Å². The lowest BCUT2D eigenvalue weighted by Gasteiger charge is -2.28. The number of anilines is 2. The van der Waals surface area contributed by atoms with Gasteiger partial charge in [0, 0.05) is 35.1 Å². The molecule has 226 valence electrons. The molecule has 0 spiro atoms. The van der Waals surface area contributed by atoms with E-state index in [9.17, 15) is 9.59 Å². The van der Waals surface area contributed by atoms with Crippen LogP contribution in [0.25, 0.3) is 0 Å². The third-order valence-electron chi connectivity index (χ3n) is 7.35. The average molecular weight is 621 g/mol. The Bertz CT molecular complexity index is 1420. The Balaban J connectivity index is 0.000000329. The molecule has 0 aromatic heterocycles. The molecule has 5 rings (SSSR count). The molecule has 0 radical (unpaired) electrons. The van der Waals surface area contributed by atoms with Gasteiger partial charge in [-0.2, -0.15) is 0 Å². The molecule has 43 heavy (non-hydrogen) atoms. The molecule has 0 saturated heterocycles. The van der Waals surface area contributed by atoms with Crippen LogP contribution in [0.1, 0.15) is 33.5 Å². The smallest absolute Gasteiger partial charge is 0.320 e. The summed E-state index contributed by atoms with van der Waals surface area (Å²) in [5.41, 5.74) is 12.4. The van der Waals surface area contributed by atoms with Crippen LogP contribution < -0.4 is 10.6 Å². The normalized spacial score (nSPS) is 12.5. The second-order valence-electron chi connectivity index (χ2n) is 10.6. The summed E-state index contributed by atoms with van der Waals surface area (Å²) in [6, 6.07) is 33.1. The molecule has 1 atom stereocenters. The second-order valence-corrected chi connectivity index (χ2v) is 11.0. The standard InChI is InChI=1S/C26H27ClN2O.C9H11NO2.ClH/c1-28(19-26(30)22-13-15-23(27)16-14-22)17-6-18-29-24-9-4-2-7-20(24)11-12-21-8-3-5-10-25(21)29;10-8(9(11)12)6-7-4-2-1-3-5-7;/h2-5,7-10,13-16H,6,11-12,17-19H2,1H3;1-5,8H,6,10H2,(H,11,12);1H/t;8-;/m.0./s1. The number of nitrogens with zero attached hydrogens (tertiary/aromatic N) is 2. The Hall–Kier alpha value is -3.68. The Kier molecular flexibility index (Phi) is 13.2. The van der Waals surface area contributed by atoms with Gasteiger partial charge in [0.05, 0.1) is 6.54 Å². The first-order valence-corrected chi connectivity index (χ1v) is 14.6. The van der Waals surface area contributed by atoms with E-state index in [1.807, 2.05) is 37.4 Å². The van der Waals surface area contributed by atoms with Gasteiger partial charge in [-0.15, -0.1) is 12.4 Å². The minimum atomic E-state index is -0.959. The van der Waals surface area contributed by atoms with Gasteiger partial charge in [0.1, 0.15) is 6.04 Å². The van der Waals surface area contributed by atoms with Gasteiger partial charge in [-0.25, -0.2) is 0 Å². The number of rotatable bonds is 10. The third kappa shape index (κ3) is 9.94. The van der Waals surface area contributed by atoms with Gasteiger partial charge in [-0.05, 0) is 85.8 Å². The summed E-state index contributed by atoms with van der Waals surface area (Å²) in [6.07, 6.45) is 3.50. The maximum absolute atomic E-state index is 12.5. The highest BCUT2D eigenvalue weighted by Gasteiger charge is 2.20. The van der Waals surface area contributed by atoms with Gasteiger partial charge in [0.15, 0.2) is 5.78 Å². The molecule has 8 heteroatoms. The number of benzene rings is 4. The monoisotopic (exact) mass is 619 g/mol. The summed E-state index contributed by atoms with van der Waals surface area (Å²) in [5.74, 6) is -0.835. The van der Waals surface area contributed by atoms with Crippen LogP contribution in [0.3, 0.4) is 0 Å². The highest BCUT2D eigenvalue weighted by Crippen LogP contribution is 2.35. The van der Waals surface area contributed by atoms with Crippen molar-refractivity contribution in [3.63, 3.8) is 0 Å². The molecule has 1 aliphatic rings. The molecule has 6 nitrogen and oxygen atoms in total. The first-order valence-electron chi connectivity index (χ1n) is 14.2. The SMILES string of the molecule is CN(CCCN1c2ccccc2CCc2ccccc21)CC(=O)c1ccc(Cl)cc1.Cl.N[C@@H](Cc1ccccc1)C(=O)O. The molecule has 0 bridgehead atoms. The van der Waals surface area contributed by atoms with Crippen molar-refractivity contribution in [2.45, 2.75) is 31.7 Å². The fourth-order valence-corrected chi connectivity index (χ4v) is 5.24. The van der Waals surface area contributed by atoms with Crippen molar-refractivity contribution in [1.82, 2.24) is 4.90 Å². The number of carbonyl (C=O) groups is 2. The van der Waals surface area contributed by atoms with Gasteiger partial charge >= 0.3 is 5.97 Å². The molecule has 0 fully saturated rings. The van der Waals surface area contributed by atoms with E-state index in [4.69, 9.17) is 22.4 Å². The lowest BCUT2D eigenvalue weighted by Crippen LogP contribution is -2.32. The fraction of sp³-hybridized carbons (Fsp3) is 0.257. The second kappa shape index (κ2) is 16.8. The number of para-hydroxylation sites is 2. The quantitative estimate of drug-likeness (QED) is 0.189. The first-order chi connectivity index (χ1) is 20.3. The Labute approximate surface area is 265 Å². The lowest BCUT2D eigenvalue weighted by molar-refractivity contribution is -0.138. The number of Topliss-reactive ketones (excluding diaryl/α,β-unsaturated/α-hetero) is 1. The molecule has 4 aromatic carbocycles. The number of carbonyl (C=O) groups excluding carboxylic acids is 1. The van der Waals surface area contributed by atoms with Crippen molar-refractivity contribution in [1.29, 1.82) is 0 Å². The maximum atomic E-state index is 12.5. The van der Waals surface area contributed by atoms with E-state index in [2.05, 4.69) is 58.3 Å². The van der Waals surface area contributed by atoms with Crippen LogP contribution in [-0.4, -0.2) is 54.5 Å². The first kappa shape index (κ1) is 33.8. The molecule has 1 aliphatic heterocycles. The van der Waals surface area contributed by atoms with Crippen LogP contribution in [0.2, 0.25) is 5.02 Å². The van der Waals surface area contributed by atoms with Crippen LogP contribution >= 0.6 is 24.0 Å². The van der Waals surface area contributed by atoms with Crippen LogP contribution in [0.5, 0.6) is 0 Å². The number of carboxylic acid groups (broad SMARTS) is 1. The number of fused-ring (bicyclic) bond motifs is 2. The van der Waals surface area contributed by atoms with E-state index in [0.717, 1.165) is 37.9 Å². The van der Waals surface area contributed by atoms with E-state index >= 15 is 0 Å². The summed E-state index contributed by atoms with van der Waals surface area (Å²) in [4.78, 5) is 27.4. The number of hydrogen-bond donors (Lipinski definition) is 2. The van der Waals surface area contributed by atoms with E-state index in [1.165, 1.54) is 22.5 Å². The predicted octanol–water partition coefficient (Wildman–Crippen LogP) is 6.84. The maximum Gasteiger partial charge on any atom is 0.320 e. The summed E-state index contributed by atoms with van der Waals surface area (Å²) < 4.78 is 0. The minimum Gasteiger partial charge on any atom is -0.480 e. The Morgan fingerprint density at radius 3 is 1.95 bits per heavy atom. The molecular formula is C35H39Cl2N3O3. The van der Waals surface area contributed by atoms with Crippen molar-refractivity contribution in [2.75, 3.05) is 31.6 Å². The molecule has 0 amide bonds. The number of halogens is 2. The molecule has 0 unspecified atom stereocenters. The number of aryl methyl sites for hydroxylation is 2. The largest absolute Gasteiger partial charge is 0.480 e. The van der Waals surface area contributed by atoms with Gasteiger partial charge in [0.2, 0.25) is 0 Å². The third-order valence-corrected chi connectivity index (χ3v) is 7.60. The topological polar surface area (TPSA) is 86.9 Å². The molecule has 0 aliphatic carbocycles. The van der Waals surface area contributed by atoms with Gasteiger partial charge < -0.3 is 15.7 Å². The van der Waals surface area contributed by atoms with Crippen molar-refractivity contribution < 1.29 is 14.7 Å². The van der Waals surface area contributed by atoms with Gasteiger partial charge in [-0.1, -0.05) is 78.3 Å². The number of carboxylic acids is 1. The average Bonchev–Trinajstić information content (AvgIpc) is 3.15. The zero-order valence-corrected chi connectivity index (χ0v) is 25.9. The molecule has 1 heterocycles. The van der Waals surface area contributed by atoms with Crippen molar-refractivity contribution in [2.24, 2.45) is 5.73 Å². The van der Waals surface area contributed by atoms with Crippen LogP contribution in [0.15, 0.2) is 103 Å².